The lowest BCUT2D eigenvalue weighted by molar-refractivity contribution is -0.384. The van der Waals surface area contributed by atoms with Crippen molar-refractivity contribution in [2.45, 2.75) is 31.7 Å². The van der Waals surface area contributed by atoms with E-state index in [1.54, 1.807) is 0 Å². The van der Waals surface area contributed by atoms with Gasteiger partial charge < -0.3 is 5.32 Å². The topological polar surface area (TPSA) is 72.2 Å². The number of nitrogens with zero attached hydrogens (tertiary/aromatic N) is 1. The minimum atomic E-state index is -0.556. The number of halogens is 1. The Kier molecular flexibility index (Phi) is 3.38. The van der Waals surface area contributed by atoms with E-state index >= 15 is 0 Å². The Morgan fingerprint density at radius 2 is 2.15 bits per heavy atom. The Labute approximate surface area is 121 Å². The third-order valence-corrected chi connectivity index (χ3v) is 4.76. The van der Waals surface area contributed by atoms with Crippen LogP contribution in [-0.4, -0.2) is 16.9 Å². The zero-order valence-corrected chi connectivity index (χ0v) is 11.6. The minimum absolute atomic E-state index is 0.00408. The van der Waals surface area contributed by atoms with Crippen LogP contribution >= 0.6 is 11.6 Å². The summed E-state index contributed by atoms with van der Waals surface area (Å²) >= 11 is 5.83. The van der Waals surface area contributed by atoms with Gasteiger partial charge in [-0.05, 0) is 43.2 Å². The number of rotatable bonds is 3. The maximum absolute atomic E-state index is 12.2. The molecule has 0 saturated heterocycles. The molecule has 1 N–H and O–H groups in total. The van der Waals surface area contributed by atoms with Gasteiger partial charge in [0.05, 0.1) is 4.92 Å². The predicted molar refractivity (Wildman–Crippen MR) is 74.8 cm³/mol. The predicted octanol–water partition coefficient (Wildman–Crippen LogP) is 3.17. The van der Waals surface area contributed by atoms with E-state index in [0.29, 0.717) is 11.5 Å². The second-order valence-corrected chi connectivity index (χ2v) is 6.09. The second-order valence-electron chi connectivity index (χ2n) is 5.68. The van der Waals surface area contributed by atoms with E-state index < -0.39 is 4.92 Å². The average molecular weight is 295 g/mol. The molecule has 106 valence electrons. The number of fused-ring (bicyclic) bond motifs is 2. The summed E-state index contributed by atoms with van der Waals surface area (Å²) in [6.45, 7) is 0. The molecule has 2 saturated carbocycles. The normalized spacial score (nSPS) is 27.6. The third-order valence-electron chi connectivity index (χ3n) is 4.46. The smallest absolute Gasteiger partial charge is 0.287 e. The van der Waals surface area contributed by atoms with E-state index in [1.807, 2.05) is 0 Å². The number of hydrogen-bond acceptors (Lipinski definition) is 3. The van der Waals surface area contributed by atoms with E-state index in [0.717, 1.165) is 12.3 Å². The Morgan fingerprint density at radius 3 is 2.70 bits per heavy atom. The molecule has 0 heterocycles. The van der Waals surface area contributed by atoms with Crippen LogP contribution in [0.2, 0.25) is 5.02 Å². The van der Waals surface area contributed by atoms with Crippen LogP contribution in [0, 0.1) is 22.0 Å². The quantitative estimate of drug-likeness (QED) is 0.687. The molecular weight excluding hydrogens is 280 g/mol. The molecule has 5 nitrogen and oxygen atoms in total. The van der Waals surface area contributed by atoms with Gasteiger partial charge in [0.1, 0.15) is 5.02 Å². The molecule has 3 unspecified atom stereocenters. The van der Waals surface area contributed by atoms with Crippen LogP contribution in [0.25, 0.3) is 0 Å². The van der Waals surface area contributed by atoms with Gasteiger partial charge in [-0.25, -0.2) is 0 Å². The molecule has 0 spiro atoms. The number of nitrogens with one attached hydrogen (secondary N) is 1. The van der Waals surface area contributed by atoms with Crippen LogP contribution in [0.4, 0.5) is 5.69 Å². The summed E-state index contributed by atoms with van der Waals surface area (Å²) in [6, 6.07) is 4.34. The van der Waals surface area contributed by atoms with Gasteiger partial charge in [-0.15, -0.1) is 0 Å². The van der Waals surface area contributed by atoms with E-state index in [-0.39, 0.29) is 22.7 Å². The first-order chi connectivity index (χ1) is 9.54. The highest BCUT2D eigenvalue weighted by molar-refractivity contribution is 6.33. The van der Waals surface area contributed by atoms with Crippen molar-refractivity contribution in [3.05, 3.63) is 38.9 Å². The van der Waals surface area contributed by atoms with Crippen molar-refractivity contribution in [1.29, 1.82) is 0 Å². The molecular formula is C14H15ClN2O3. The van der Waals surface area contributed by atoms with Gasteiger partial charge in [-0.2, -0.15) is 0 Å². The van der Waals surface area contributed by atoms with E-state index in [1.165, 1.54) is 37.5 Å². The number of carbonyl (C=O) groups is 1. The van der Waals surface area contributed by atoms with Crippen LogP contribution in [0.1, 0.15) is 36.0 Å². The number of hydrogen-bond donors (Lipinski definition) is 1. The molecule has 1 amide bonds. The molecule has 2 aliphatic carbocycles. The van der Waals surface area contributed by atoms with E-state index in [2.05, 4.69) is 5.32 Å². The summed E-state index contributed by atoms with van der Waals surface area (Å²) < 4.78 is 0. The standard InChI is InChI=1S/C14H15ClN2O3/c15-11-7-10(3-4-13(11)17(19)20)14(18)16-12-6-8-1-2-9(12)5-8/h3-4,7-9,12H,1-2,5-6H2,(H,16,18). The molecule has 2 bridgehead atoms. The SMILES string of the molecule is O=C(NC1CC2CCC1C2)c1ccc([N+](=O)[O-])c(Cl)c1. The van der Waals surface area contributed by atoms with Gasteiger partial charge in [0.2, 0.25) is 0 Å². The minimum Gasteiger partial charge on any atom is -0.349 e. The lowest BCUT2D eigenvalue weighted by Crippen LogP contribution is -2.38. The van der Waals surface area contributed by atoms with Crippen molar-refractivity contribution in [2.24, 2.45) is 11.8 Å². The number of benzene rings is 1. The summed E-state index contributed by atoms with van der Waals surface area (Å²) in [6.07, 6.45) is 4.74. The first-order valence-corrected chi connectivity index (χ1v) is 7.17. The highest BCUT2D eigenvalue weighted by Crippen LogP contribution is 2.44. The van der Waals surface area contributed by atoms with Crippen LogP contribution in [-0.2, 0) is 0 Å². The van der Waals surface area contributed by atoms with Crippen molar-refractivity contribution in [3.8, 4) is 0 Å². The fourth-order valence-corrected chi connectivity index (χ4v) is 3.72. The zero-order chi connectivity index (χ0) is 14.3. The highest BCUT2D eigenvalue weighted by atomic mass is 35.5. The van der Waals surface area contributed by atoms with Gasteiger partial charge in [0.15, 0.2) is 0 Å². The molecule has 0 aliphatic heterocycles. The summed E-state index contributed by atoms with van der Waals surface area (Å²) in [5.41, 5.74) is 0.200. The van der Waals surface area contributed by atoms with Crippen LogP contribution in [0.15, 0.2) is 18.2 Å². The van der Waals surface area contributed by atoms with Gasteiger partial charge in [-0.1, -0.05) is 18.0 Å². The summed E-state index contributed by atoms with van der Waals surface area (Å²) in [7, 11) is 0. The fraction of sp³-hybridized carbons (Fsp3) is 0.500. The largest absolute Gasteiger partial charge is 0.349 e. The zero-order valence-electron chi connectivity index (χ0n) is 10.8. The maximum Gasteiger partial charge on any atom is 0.287 e. The van der Waals surface area contributed by atoms with Gasteiger partial charge in [-0.3, -0.25) is 14.9 Å². The van der Waals surface area contributed by atoms with Crippen LogP contribution in [0.3, 0.4) is 0 Å². The summed E-state index contributed by atoms with van der Waals surface area (Å²) in [5, 5.41) is 13.7. The molecule has 6 heteroatoms. The first-order valence-electron chi connectivity index (χ1n) is 6.79. The lowest BCUT2D eigenvalue weighted by Gasteiger charge is -2.22. The highest BCUT2D eigenvalue weighted by Gasteiger charge is 2.40. The van der Waals surface area contributed by atoms with Gasteiger partial charge in [0, 0.05) is 17.7 Å². The number of amides is 1. The summed E-state index contributed by atoms with van der Waals surface area (Å²) in [5.74, 6) is 1.16. The fourth-order valence-electron chi connectivity index (χ4n) is 3.47. The molecule has 0 radical (unpaired) electrons. The Morgan fingerprint density at radius 1 is 1.35 bits per heavy atom. The van der Waals surface area contributed by atoms with Crippen molar-refractivity contribution >= 4 is 23.2 Å². The van der Waals surface area contributed by atoms with Crippen molar-refractivity contribution in [2.75, 3.05) is 0 Å². The number of carbonyl (C=O) groups excluding carboxylic acids is 1. The number of nitro groups is 1. The molecule has 2 fully saturated rings. The average Bonchev–Trinajstić information content (AvgIpc) is 3.00. The van der Waals surface area contributed by atoms with Gasteiger partial charge in [0.25, 0.3) is 11.6 Å². The maximum atomic E-state index is 12.2. The molecule has 1 aromatic rings. The van der Waals surface area contributed by atoms with Crippen molar-refractivity contribution in [1.82, 2.24) is 5.32 Å². The molecule has 3 rings (SSSR count). The summed E-state index contributed by atoms with van der Waals surface area (Å²) in [4.78, 5) is 22.3. The first kappa shape index (κ1) is 13.4. The molecule has 2 aliphatic rings. The third kappa shape index (κ3) is 2.38. The Bertz CT molecular complexity index is 576. The molecule has 20 heavy (non-hydrogen) atoms. The van der Waals surface area contributed by atoms with Crippen LogP contribution in [0.5, 0.6) is 0 Å². The molecule has 1 aromatic carbocycles. The Balaban J connectivity index is 1.71. The van der Waals surface area contributed by atoms with Crippen LogP contribution < -0.4 is 5.32 Å². The lowest BCUT2D eigenvalue weighted by atomic mass is 9.95. The van der Waals surface area contributed by atoms with Crippen molar-refractivity contribution in [3.63, 3.8) is 0 Å². The van der Waals surface area contributed by atoms with E-state index in [9.17, 15) is 14.9 Å². The number of nitro benzene ring substituents is 1. The van der Waals surface area contributed by atoms with Crippen molar-refractivity contribution < 1.29 is 9.72 Å². The molecule has 3 atom stereocenters. The molecule has 0 aromatic heterocycles. The van der Waals surface area contributed by atoms with Gasteiger partial charge >= 0.3 is 0 Å². The second kappa shape index (κ2) is 5.05. The Hall–Kier alpha value is -1.62. The monoisotopic (exact) mass is 294 g/mol. The van der Waals surface area contributed by atoms with E-state index in [4.69, 9.17) is 11.6 Å².